The second-order valence-corrected chi connectivity index (χ2v) is 8.54. The molecule has 31 heavy (non-hydrogen) atoms. The Morgan fingerprint density at radius 3 is 2.65 bits per heavy atom. The van der Waals surface area contributed by atoms with Gasteiger partial charge in [0.1, 0.15) is 6.10 Å². The normalized spacial score (nSPS) is 21.9. The number of para-hydroxylation sites is 1. The minimum atomic E-state index is -0.401. The molecule has 0 aliphatic carbocycles. The molecule has 5 rings (SSSR count). The molecule has 1 N–H and O–H groups in total. The van der Waals surface area contributed by atoms with Gasteiger partial charge in [-0.05, 0) is 47.7 Å². The summed E-state index contributed by atoms with van der Waals surface area (Å²) in [6.45, 7) is 2.93. The largest absolute Gasteiger partial charge is 0.367 e. The van der Waals surface area contributed by atoms with E-state index in [1.165, 1.54) is 22.4 Å². The van der Waals surface area contributed by atoms with Gasteiger partial charge in [-0.2, -0.15) is 0 Å². The summed E-state index contributed by atoms with van der Waals surface area (Å²) in [5, 5.41) is 3.06. The molecule has 1 spiro atoms. The molecule has 2 unspecified atom stereocenters. The van der Waals surface area contributed by atoms with E-state index in [2.05, 4.69) is 63.7 Å². The summed E-state index contributed by atoms with van der Waals surface area (Å²) in [6, 6.07) is 23.1. The Labute approximate surface area is 183 Å². The molecule has 0 saturated carbocycles. The van der Waals surface area contributed by atoms with E-state index >= 15 is 0 Å². The lowest BCUT2D eigenvalue weighted by Crippen LogP contribution is -2.38. The Balaban J connectivity index is 1.25. The second-order valence-electron chi connectivity index (χ2n) is 8.54. The molecule has 2 aliphatic heterocycles. The van der Waals surface area contributed by atoms with Crippen LogP contribution in [0.15, 0.2) is 79.1 Å². The number of rotatable bonds is 6. The van der Waals surface area contributed by atoms with Gasteiger partial charge in [0.25, 0.3) is 0 Å². The molecule has 2 aromatic carbocycles. The SMILES string of the molecule is O=C(NCCc1ccncc1)C1CC2(CO1)CN(Cc1ccccc1)c1ccccc12. The summed E-state index contributed by atoms with van der Waals surface area (Å²) >= 11 is 0. The van der Waals surface area contributed by atoms with Crippen LogP contribution in [0.3, 0.4) is 0 Å². The zero-order valence-electron chi connectivity index (χ0n) is 17.5. The van der Waals surface area contributed by atoms with E-state index < -0.39 is 6.10 Å². The van der Waals surface area contributed by atoms with Crippen LogP contribution in [0.1, 0.15) is 23.1 Å². The quantitative estimate of drug-likeness (QED) is 0.672. The number of carbonyl (C=O) groups excluding carboxylic acids is 1. The molecular formula is C26H27N3O2. The molecule has 1 aromatic heterocycles. The standard InChI is InChI=1S/C26H27N3O2/c30-25(28-15-12-20-10-13-27-14-11-20)24-16-26(19-31-24)18-29(17-21-6-2-1-3-7-21)23-9-5-4-8-22(23)26/h1-11,13-14,24H,12,15-19H2,(H,28,30). The van der Waals surface area contributed by atoms with Gasteiger partial charge in [-0.3, -0.25) is 9.78 Å². The third-order valence-corrected chi connectivity index (χ3v) is 6.42. The van der Waals surface area contributed by atoms with E-state index in [9.17, 15) is 4.79 Å². The van der Waals surface area contributed by atoms with Crippen molar-refractivity contribution in [2.75, 3.05) is 24.6 Å². The van der Waals surface area contributed by atoms with Crippen LogP contribution in [0, 0.1) is 0 Å². The number of hydrogen-bond acceptors (Lipinski definition) is 4. The first-order valence-corrected chi connectivity index (χ1v) is 10.9. The molecule has 1 amide bonds. The monoisotopic (exact) mass is 413 g/mol. The van der Waals surface area contributed by atoms with Crippen LogP contribution in [0.25, 0.3) is 0 Å². The van der Waals surface area contributed by atoms with Crippen molar-refractivity contribution < 1.29 is 9.53 Å². The summed E-state index contributed by atoms with van der Waals surface area (Å²) in [6.07, 6.45) is 4.66. The van der Waals surface area contributed by atoms with Gasteiger partial charge in [-0.25, -0.2) is 0 Å². The highest BCUT2D eigenvalue weighted by Crippen LogP contribution is 2.47. The maximum Gasteiger partial charge on any atom is 0.249 e. The van der Waals surface area contributed by atoms with Crippen molar-refractivity contribution in [1.29, 1.82) is 0 Å². The lowest BCUT2D eigenvalue weighted by Gasteiger charge is -2.24. The molecule has 5 heteroatoms. The van der Waals surface area contributed by atoms with Crippen LogP contribution >= 0.6 is 0 Å². The van der Waals surface area contributed by atoms with E-state index in [0.29, 0.717) is 13.2 Å². The number of hydrogen-bond donors (Lipinski definition) is 1. The number of benzene rings is 2. The van der Waals surface area contributed by atoms with Crippen molar-refractivity contribution in [2.45, 2.75) is 30.9 Å². The fourth-order valence-corrected chi connectivity index (χ4v) is 4.87. The predicted octanol–water partition coefficient (Wildman–Crippen LogP) is 3.49. The average Bonchev–Trinajstić information content (AvgIpc) is 3.38. The molecule has 1 fully saturated rings. The average molecular weight is 414 g/mol. The highest BCUT2D eigenvalue weighted by molar-refractivity contribution is 5.81. The summed E-state index contributed by atoms with van der Waals surface area (Å²) in [5.41, 5.74) is 4.89. The second kappa shape index (κ2) is 8.52. The zero-order chi connectivity index (χ0) is 21.1. The van der Waals surface area contributed by atoms with Crippen molar-refractivity contribution in [3.63, 3.8) is 0 Å². The van der Waals surface area contributed by atoms with E-state index in [4.69, 9.17) is 4.74 Å². The Hall–Kier alpha value is -3.18. The van der Waals surface area contributed by atoms with E-state index in [-0.39, 0.29) is 11.3 Å². The van der Waals surface area contributed by atoms with Gasteiger partial charge in [0, 0.05) is 43.1 Å². The predicted molar refractivity (Wildman–Crippen MR) is 121 cm³/mol. The van der Waals surface area contributed by atoms with Crippen molar-refractivity contribution in [1.82, 2.24) is 10.3 Å². The van der Waals surface area contributed by atoms with Crippen LogP contribution in [0.2, 0.25) is 0 Å². The van der Waals surface area contributed by atoms with Crippen LogP contribution in [-0.4, -0.2) is 36.7 Å². The number of carbonyl (C=O) groups is 1. The molecule has 1 saturated heterocycles. The first-order chi connectivity index (χ1) is 15.2. The lowest BCUT2D eigenvalue weighted by molar-refractivity contribution is -0.129. The Morgan fingerprint density at radius 2 is 1.81 bits per heavy atom. The van der Waals surface area contributed by atoms with Gasteiger partial charge >= 0.3 is 0 Å². The van der Waals surface area contributed by atoms with Gasteiger partial charge in [0.05, 0.1) is 6.61 Å². The number of pyridine rings is 1. The highest BCUT2D eigenvalue weighted by Gasteiger charge is 2.50. The van der Waals surface area contributed by atoms with Gasteiger partial charge in [-0.1, -0.05) is 48.5 Å². The topological polar surface area (TPSA) is 54.5 Å². The molecule has 0 bridgehead atoms. The van der Waals surface area contributed by atoms with Gasteiger partial charge in [0.2, 0.25) is 5.91 Å². The smallest absolute Gasteiger partial charge is 0.249 e. The fourth-order valence-electron chi connectivity index (χ4n) is 4.87. The molecule has 3 aromatic rings. The number of aromatic nitrogens is 1. The fraction of sp³-hybridized carbons (Fsp3) is 0.308. The number of anilines is 1. The van der Waals surface area contributed by atoms with E-state index in [1.54, 1.807) is 12.4 Å². The third kappa shape index (κ3) is 4.06. The van der Waals surface area contributed by atoms with Crippen LogP contribution in [0.5, 0.6) is 0 Å². The number of ether oxygens (including phenoxy) is 1. The molecule has 3 heterocycles. The third-order valence-electron chi connectivity index (χ3n) is 6.42. The Bertz CT molecular complexity index is 1040. The molecule has 0 radical (unpaired) electrons. The lowest BCUT2D eigenvalue weighted by atomic mass is 9.80. The van der Waals surface area contributed by atoms with Crippen LogP contribution in [-0.2, 0) is 27.9 Å². The minimum absolute atomic E-state index is 0.00933. The summed E-state index contributed by atoms with van der Waals surface area (Å²) in [5.74, 6) is -0.00933. The van der Waals surface area contributed by atoms with Crippen LogP contribution < -0.4 is 10.2 Å². The molecule has 2 atom stereocenters. The van der Waals surface area contributed by atoms with E-state index in [0.717, 1.165) is 25.9 Å². The minimum Gasteiger partial charge on any atom is -0.367 e. The van der Waals surface area contributed by atoms with Gasteiger partial charge in [-0.15, -0.1) is 0 Å². The van der Waals surface area contributed by atoms with Gasteiger partial charge < -0.3 is 15.0 Å². The maximum absolute atomic E-state index is 12.8. The number of nitrogens with zero attached hydrogens (tertiary/aromatic N) is 2. The number of amides is 1. The van der Waals surface area contributed by atoms with Crippen molar-refractivity contribution >= 4 is 11.6 Å². The van der Waals surface area contributed by atoms with Crippen LogP contribution in [0.4, 0.5) is 5.69 Å². The van der Waals surface area contributed by atoms with Crippen molar-refractivity contribution in [3.8, 4) is 0 Å². The van der Waals surface area contributed by atoms with Crippen molar-refractivity contribution in [3.05, 3.63) is 95.8 Å². The first-order valence-electron chi connectivity index (χ1n) is 10.9. The summed E-state index contributed by atoms with van der Waals surface area (Å²) in [7, 11) is 0. The van der Waals surface area contributed by atoms with E-state index in [1.807, 2.05) is 18.2 Å². The number of nitrogens with one attached hydrogen (secondary N) is 1. The molecular weight excluding hydrogens is 386 g/mol. The zero-order valence-corrected chi connectivity index (χ0v) is 17.5. The maximum atomic E-state index is 12.8. The Morgan fingerprint density at radius 1 is 1.03 bits per heavy atom. The first kappa shape index (κ1) is 19.8. The summed E-state index contributed by atoms with van der Waals surface area (Å²) < 4.78 is 6.06. The molecule has 158 valence electrons. The summed E-state index contributed by atoms with van der Waals surface area (Å²) in [4.78, 5) is 19.3. The number of fused-ring (bicyclic) bond motifs is 2. The van der Waals surface area contributed by atoms with Crippen molar-refractivity contribution in [2.24, 2.45) is 0 Å². The molecule has 5 nitrogen and oxygen atoms in total. The highest BCUT2D eigenvalue weighted by atomic mass is 16.5. The molecule has 2 aliphatic rings. The van der Waals surface area contributed by atoms with Gasteiger partial charge in [0.15, 0.2) is 0 Å². The Kier molecular flexibility index (Phi) is 5.43.